The van der Waals surface area contributed by atoms with Crippen LogP contribution in [-0.4, -0.2) is 37.7 Å². The Kier molecular flexibility index (Phi) is 3.68. The molecule has 2 heteroatoms. The first kappa shape index (κ1) is 11.4. The van der Waals surface area contributed by atoms with Crippen LogP contribution in [0.3, 0.4) is 0 Å². The van der Waals surface area contributed by atoms with Gasteiger partial charge in [-0.25, -0.2) is 0 Å². The highest BCUT2D eigenvalue weighted by molar-refractivity contribution is 4.86. The van der Waals surface area contributed by atoms with Gasteiger partial charge in [-0.1, -0.05) is 13.8 Å². The lowest BCUT2D eigenvalue weighted by Crippen LogP contribution is -2.46. The molecule has 1 heterocycles. The number of hydrogen-bond acceptors (Lipinski definition) is 2. The molecule has 0 aromatic carbocycles. The Bertz CT molecular complexity index is 201. The van der Waals surface area contributed by atoms with E-state index in [0.717, 1.165) is 17.8 Å². The van der Waals surface area contributed by atoms with Crippen molar-refractivity contribution >= 4 is 0 Å². The number of hydrogen-bond donors (Lipinski definition) is 0. The Morgan fingerprint density at radius 2 is 2.00 bits per heavy atom. The molecule has 2 aliphatic rings. The molecule has 2 nitrogen and oxygen atoms in total. The first-order chi connectivity index (χ1) is 7.20. The third-order valence-electron chi connectivity index (χ3n) is 4.05. The monoisotopic (exact) mass is 211 g/mol. The predicted octanol–water partition coefficient (Wildman–Crippen LogP) is 2.39. The zero-order valence-corrected chi connectivity index (χ0v) is 10.4. The molecule has 0 radical (unpaired) electrons. The molecule has 0 aromatic heterocycles. The second-order valence-corrected chi connectivity index (χ2v) is 5.67. The molecule has 1 unspecified atom stereocenters. The van der Waals surface area contributed by atoms with Gasteiger partial charge < -0.3 is 9.64 Å². The molecule has 1 saturated heterocycles. The van der Waals surface area contributed by atoms with Gasteiger partial charge in [0.25, 0.3) is 0 Å². The topological polar surface area (TPSA) is 12.5 Å². The molecule has 1 aliphatic carbocycles. The van der Waals surface area contributed by atoms with Crippen LogP contribution in [0.1, 0.15) is 33.1 Å². The Morgan fingerprint density at radius 1 is 1.27 bits per heavy atom. The molecule has 1 saturated carbocycles. The van der Waals surface area contributed by atoms with Crippen LogP contribution in [0.4, 0.5) is 0 Å². The van der Waals surface area contributed by atoms with E-state index in [4.69, 9.17) is 4.74 Å². The van der Waals surface area contributed by atoms with E-state index in [-0.39, 0.29) is 0 Å². The largest absolute Gasteiger partial charge is 0.381 e. The number of nitrogens with zero attached hydrogens (tertiary/aromatic N) is 1. The summed E-state index contributed by atoms with van der Waals surface area (Å²) in [5.41, 5.74) is 0. The Hall–Kier alpha value is -0.0800. The minimum Gasteiger partial charge on any atom is -0.381 e. The Labute approximate surface area is 94.0 Å². The lowest BCUT2D eigenvalue weighted by atomic mass is 9.85. The summed E-state index contributed by atoms with van der Waals surface area (Å²) in [5.74, 6) is 2.51. The highest BCUT2D eigenvalue weighted by Crippen LogP contribution is 2.33. The summed E-state index contributed by atoms with van der Waals surface area (Å²) in [5, 5.41) is 0. The molecule has 0 aromatic rings. The highest BCUT2D eigenvalue weighted by atomic mass is 16.5. The molecule has 88 valence electrons. The van der Waals surface area contributed by atoms with Crippen LogP contribution in [0.5, 0.6) is 0 Å². The van der Waals surface area contributed by atoms with Gasteiger partial charge in [0.05, 0.1) is 6.10 Å². The first-order valence-electron chi connectivity index (χ1n) is 6.46. The van der Waals surface area contributed by atoms with Crippen LogP contribution in [-0.2, 0) is 4.74 Å². The lowest BCUT2D eigenvalue weighted by Gasteiger charge is -2.40. The standard InChI is InChI=1S/C13H25NO/c1-10(2)12-9-14(8-11-4-5-11)7-6-13(12)15-3/h10-13H,4-9H2,1-3H3/t12-,13?/m1/s1. The molecule has 0 N–H and O–H groups in total. The van der Waals surface area contributed by atoms with Crippen molar-refractivity contribution in [2.45, 2.75) is 39.2 Å². The number of ether oxygens (including phenoxy) is 1. The summed E-state index contributed by atoms with van der Waals surface area (Å²) in [6.07, 6.45) is 4.67. The fourth-order valence-corrected chi connectivity index (χ4v) is 2.80. The normalized spacial score (nSPS) is 33.6. The summed E-state index contributed by atoms with van der Waals surface area (Å²) in [4.78, 5) is 2.66. The van der Waals surface area contributed by atoms with Crippen LogP contribution < -0.4 is 0 Å². The van der Waals surface area contributed by atoms with E-state index in [2.05, 4.69) is 18.7 Å². The molecular formula is C13H25NO. The van der Waals surface area contributed by atoms with Crippen molar-refractivity contribution in [3.63, 3.8) is 0 Å². The van der Waals surface area contributed by atoms with Crippen LogP contribution in [0.25, 0.3) is 0 Å². The molecule has 0 spiro atoms. The van der Waals surface area contributed by atoms with E-state index in [1.165, 1.54) is 38.9 Å². The minimum atomic E-state index is 0.500. The zero-order chi connectivity index (χ0) is 10.8. The van der Waals surface area contributed by atoms with Crippen LogP contribution in [0, 0.1) is 17.8 Å². The van der Waals surface area contributed by atoms with Gasteiger partial charge in [-0.3, -0.25) is 0 Å². The molecule has 0 amide bonds. The number of methoxy groups -OCH3 is 1. The van der Waals surface area contributed by atoms with Gasteiger partial charge in [0, 0.05) is 32.7 Å². The minimum absolute atomic E-state index is 0.500. The van der Waals surface area contributed by atoms with Gasteiger partial charge in [0.1, 0.15) is 0 Å². The van der Waals surface area contributed by atoms with Crippen molar-refractivity contribution in [3.05, 3.63) is 0 Å². The van der Waals surface area contributed by atoms with Crippen molar-refractivity contribution in [2.75, 3.05) is 26.7 Å². The molecule has 2 rings (SSSR count). The van der Waals surface area contributed by atoms with Crippen LogP contribution in [0.2, 0.25) is 0 Å². The van der Waals surface area contributed by atoms with E-state index in [1.54, 1.807) is 0 Å². The number of piperidine rings is 1. The van der Waals surface area contributed by atoms with Gasteiger partial charge in [-0.15, -0.1) is 0 Å². The lowest BCUT2D eigenvalue weighted by molar-refractivity contribution is -0.0246. The van der Waals surface area contributed by atoms with E-state index in [1.807, 2.05) is 7.11 Å². The van der Waals surface area contributed by atoms with Crippen molar-refractivity contribution < 1.29 is 4.74 Å². The molecule has 2 fully saturated rings. The van der Waals surface area contributed by atoms with Crippen molar-refractivity contribution in [1.29, 1.82) is 0 Å². The maximum Gasteiger partial charge on any atom is 0.0626 e. The molecule has 0 bridgehead atoms. The third kappa shape index (κ3) is 2.94. The second-order valence-electron chi connectivity index (χ2n) is 5.67. The predicted molar refractivity (Wildman–Crippen MR) is 62.9 cm³/mol. The quantitative estimate of drug-likeness (QED) is 0.708. The summed E-state index contributed by atoms with van der Waals surface area (Å²) < 4.78 is 5.61. The van der Waals surface area contributed by atoms with Crippen LogP contribution in [0.15, 0.2) is 0 Å². The third-order valence-corrected chi connectivity index (χ3v) is 4.05. The zero-order valence-electron chi connectivity index (χ0n) is 10.4. The summed E-state index contributed by atoms with van der Waals surface area (Å²) >= 11 is 0. The van der Waals surface area contributed by atoms with E-state index in [0.29, 0.717) is 6.10 Å². The maximum atomic E-state index is 5.61. The molecule has 15 heavy (non-hydrogen) atoms. The van der Waals surface area contributed by atoms with Gasteiger partial charge in [-0.2, -0.15) is 0 Å². The fraction of sp³-hybridized carbons (Fsp3) is 1.00. The first-order valence-corrected chi connectivity index (χ1v) is 6.46. The van der Waals surface area contributed by atoms with Gasteiger partial charge in [0.15, 0.2) is 0 Å². The van der Waals surface area contributed by atoms with E-state index < -0.39 is 0 Å². The van der Waals surface area contributed by atoms with Crippen LogP contribution >= 0.6 is 0 Å². The summed E-state index contributed by atoms with van der Waals surface area (Å²) in [7, 11) is 1.87. The Balaban J connectivity index is 1.86. The Morgan fingerprint density at radius 3 is 2.53 bits per heavy atom. The second kappa shape index (κ2) is 4.84. The number of rotatable bonds is 4. The van der Waals surface area contributed by atoms with Gasteiger partial charge in [-0.05, 0) is 31.1 Å². The van der Waals surface area contributed by atoms with Gasteiger partial charge >= 0.3 is 0 Å². The molecule has 1 aliphatic heterocycles. The smallest absolute Gasteiger partial charge is 0.0626 e. The summed E-state index contributed by atoms with van der Waals surface area (Å²) in [6.45, 7) is 8.51. The maximum absolute atomic E-state index is 5.61. The fourth-order valence-electron chi connectivity index (χ4n) is 2.80. The summed E-state index contributed by atoms with van der Waals surface area (Å²) in [6, 6.07) is 0. The highest BCUT2D eigenvalue weighted by Gasteiger charge is 2.33. The van der Waals surface area contributed by atoms with Gasteiger partial charge in [0.2, 0.25) is 0 Å². The molecular weight excluding hydrogens is 186 g/mol. The van der Waals surface area contributed by atoms with Crippen molar-refractivity contribution in [1.82, 2.24) is 4.90 Å². The van der Waals surface area contributed by atoms with Crippen molar-refractivity contribution in [2.24, 2.45) is 17.8 Å². The van der Waals surface area contributed by atoms with E-state index >= 15 is 0 Å². The van der Waals surface area contributed by atoms with Crippen molar-refractivity contribution in [3.8, 4) is 0 Å². The SMILES string of the molecule is COC1CCN(CC2CC2)C[C@@H]1C(C)C. The average molecular weight is 211 g/mol. The average Bonchev–Trinajstić information content (AvgIpc) is 3.01. The van der Waals surface area contributed by atoms with E-state index in [9.17, 15) is 0 Å². The number of likely N-dealkylation sites (tertiary alicyclic amines) is 1. The molecule has 2 atom stereocenters.